The van der Waals surface area contributed by atoms with Crippen molar-refractivity contribution in [1.29, 1.82) is 0 Å². The summed E-state index contributed by atoms with van der Waals surface area (Å²) in [5, 5.41) is 10.8. The molecule has 23 heavy (non-hydrogen) atoms. The molecular weight excluding hydrogens is 294 g/mol. The first-order valence-electron chi connectivity index (χ1n) is 7.33. The Labute approximate surface area is 133 Å². The SMILES string of the molecule is Cc1ocnc1C(=O)NCc1nncn1CCc1ccccc1. The van der Waals surface area contributed by atoms with E-state index in [-0.39, 0.29) is 5.91 Å². The number of oxazole rings is 1. The number of aryl methyl sites for hydroxylation is 3. The molecule has 2 heterocycles. The molecule has 118 valence electrons. The molecule has 0 spiro atoms. The van der Waals surface area contributed by atoms with E-state index in [0.717, 1.165) is 13.0 Å². The van der Waals surface area contributed by atoms with Gasteiger partial charge < -0.3 is 14.3 Å². The van der Waals surface area contributed by atoms with E-state index in [1.54, 1.807) is 13.3 Å². The second-order valence-electron chi connectivity index (χ2n) is 5.12. The van der Waals surface area contributed by atoms with Crippen LogP contribution >= 0.6 is 0 Å². The Hall–Kier alpha value is -2.96. The van der Waals surface area contributed by atoms with Crippen LogP contribution in [0.2, 0.25) is 0 Å². The van der Waals surface area contributed by atoms with Gasteiger partial charge >= 0.3 is 0 Å². The van der Waals surface area contributed by atoms with Crippen LogP contribution in [0.5, 0.6) is 0 Å². The van der Waals surface area contributed by atoms with Gasteiger partial charge in [-0.1, -0.05) is 30.3 Å². The van der Waals surface area contributed by atoms with Crippen LogP contribution in [-0.2, 0) is 19.5 Å². The van der Waals surface area contributed by atoms with Gasteiger partial charge in [-0.15, -0.1) is 10.2 Å². The van der Waals surface area contributed by atoms with Gasteiger partial charge in [0, 0.05) is 6.54 Å². The number of hydrogen-bond donors (Lipinski definition) is 1. The molecule has 0 bridgehead atoms. The maximum absolute atomic E-state index is 12.0. The van der Waals surface area contributed by atoms with Crippen LogP contribution in [0.4, 0.5) is 0 Å². The number of benzene rings is 1. The molecular formula is C16H17N5O2. The minimum atomic E-state index is -0.283. The molecule has 0 unspecified atom stereocenters. The lowest BCUT2D eigenvalue weighted by Gasteiger charge is -2.07. The number of hydrogen-bond acceptors (Lipinski definition) is 5. The van der Waals surface area contributed by atoms with E-state index in [1.807, 2.05) is 22.8 Å². The molecule has 7 nitrogen and oxygen atoms in total. The standard InChI is InChI=1S/C16H17N5O2/c1-12-15(18-11-23-12)16(22)17-9-14-20-19-10-21(14)8-7-13-5-3-2-4-6-13/h2-6,10-11H,7-9H2,1H3,(H,17,22). The minimum Gasteiger partial charge on any atom is -0.448 e. The molecule has 2 aromatic heterocycles. The summed E-state index contributed by atoms with van der Waals surface area (Å²) in [5.41, 5.74) is 1.54. The van der Waals surface area contributed by atoms with Crippen molar-refractivity contribution in [2.75, 3.05) is 0 Å². The molecule has 7 heteroatoms. The zero-order chi connectivity index (χ0) is 16.1. The zero-order valence-electron chi connectivity index (χ0n) is 12.8. The van der Waals surface area contributed by atoms with Crippen LogP contribution in [-0.4, -0.2) is 25.7 Å². The third kappa shape index (κ3) is 3.63. The highest BCUT2D eigenvalue weighted by atomic mass is 16.3. The lowest BCUT2D eigenvalue weighted by molar-refractivity contribution is 0.0943. The molecule has 3 rings (SSSR count). The Morgan fingerprint density at radius 2 is 2.13 bits per heavy atom. The molecule has 1 aromatic carbocycles. The van der Waals surface area contributed by atoms with Crippen molar-refractivity contribution in [3.63, 3.8) is 0 Å². The molecule has 0 aliphatic heterocycles. The molecule has 0 fully saturated rings. The molecule has 0 saturated heterocycles. The van der Waals surface area contributed by atoms with Crippen molar-refractivity contribution >= 4 is 5.91 Å². The summed E-state index contributed by atoms with van der Waals surface area (Å²) in [5.74, 6) is 0.914. The van der Waals surface area contributed by atoms with Crippen LogP contribution in [0.25, 0.3) is 0 Å². The van der Waals surface area contributed by atoms with Crippen molar-refractivity contribution in [1.82, 2.24) is 25.1 Å². The largest absolute Gasteiger partial charge is 0.448 e. The predicted octanol–water partition coefficient (Wildman–Crippen LogP) is 1.75. The summed E-state index contributed by atoms with van der Waals surface area (Å²) in [7, 11) is 0. The van der Waals surface area contributed by atoms with Gasteiger partial charge in [0.1, 0.15) is 12.1 Å². The van der Waals surface area contributed by atoms with E-state index < -0.39 is 0 Å². The van der Waals surface area contributed by atoms with Crippen LogP contribution in [0, 0.1) is 6.92 Å². The Morgan fingerprint density at radius 3 is 2.87 bits per heavy atom. The number of carbonyl (C=O) groups excluding carboxylic acids is 1. The number of amides is 1. The zero-order valence-corrected chi connectivity index (χ0v) is 12.8. The summed E-state index contributed by atoms with van der Waals surface area (Å²) in [6, 6.07) is 10.2. The Kier molecular flexibility index (Phi) is 4.46. The average molecular weight is 311 g/mol. The number of aromatic nitrogens is 4. The molecule has 0 saturated carbocycles. The van der Waals surface area contributed by atoms with Gasteiger partial charge in [0.15, 0.2) is 17.9 Å². The van der Waals surface area contributed by atoms with Crippen molar-refractivity contribution in [3.8, 4) is 0 Å². The first kappa shape index (κ1) is 15.0. The molecule has 0 atom stereocenters. The highest BCUT2D eigenvalue weighted by molar-refractivity contribution is 5.92. The van der Waals surface area contributed by atoms with Crippen molar-refractivity contribution in [3.05, 3.63) is 65.9 Å². The first-order chi connectivity index (χ1) is 11.2. The lowest BCUT2D eigenvalue weighted by Crippen LogP contribution is -2.25. The predicted molar refractivity (Wildman–Crippen MR) is 82.6 cm³/mol. The van der Waals surface area contributed by atoms with Crippen molar-refractivity contribution in [2.45, 2.75) is 26.4 Å². The lowest BCUT2D eigenvalue weighted by atomic mass is 10.1. The molecule has 0 radical (unpaired) electrons. The van der Waals surface area contributed by atoms with Crippen LogP contribution < -0.4 is 5.32 Å². The Balaban J connectivity index is 1.58. The van der Waals surface area contributed by atoms with Crippen LogP contribution in [0.3, 0.4) is 0 Å². The Morgan fingerprint density at radius 1 is 1.30 bits per heavy atom. The average Bonchev–Trinajstić information content (AvgIpc) is 3.20. The molecule has 0 aliphatic carbocycles. The van der Waals surface area contributed by atoms with Crippen LogP contribution in [0.1, 0.15) is 27.6 Å². The summed E-state index contributed by atoms with van der Waals surface area (Å²) < 4.78 is 6.96. The van der Waals surface area contributed by atoms with Crippen molar-refractivity contribution < 1.29 is 9.21 Å². The molecule has 3 aromatic rings. The summed E-state index contributed by atoms with van der Waals surface area (Å²) in [6.45, 7) is 2.75. The van der Waals surface area contributed by atoms with Gasteiger partial charge in [0.25, 0.3) is 5.91 Å². The number of rotatable bonds is 6. The quantitative estimate of drug-likeness (QED) is 0.749. The first-order valence-corrected chi connectivity index (χ1v) is 7.33. The van der Waals surface area contributed by atoms with Gasteiger partial charge in [0.05, 0.1) is 6.54 Å². The smallest absolute Gasteiger partial charge is 0.273 e. The fourth-order valence-corrected chi connectivity index (χ4v) is 2.26. The third-order valence-corrected chi connectivity index (χ3v) is 3.55. The van der Waals surface area contributed by atoms with E-state index in [4.69, 9.17) is 4.42 Å². The van der Waals surface area contributed by atoms with Gasteiger partial charge in [-0.2, -0.15) is 0 Å². The fourth-order valence-electron chi connectivity index (χ4n) is 2.26. The normalized spacial score (nSPS) is 10.7. The molecule has 1 N–H and O–H groups in total. The summed E-state index contributed by atoms with van der Waals surface area (Å²) >= 11 is 0. The third-order valence-electron chi connectivity index (χ3n) is 3.55. The van der Waals surface area contributed by atoms with Gasteiger partial charge in [0.2, 0.25) is 0 Å². The van der Waals surface area contributed by atoms with Gasteiger partial charge in [-0.25, -0.2) is 4.98 Å². The van der Waals surface area contributed by atoms with E-state index in [9.17, 15) is 4.79 Å². The van der Waals surface area contributed by atoms with E-state index in [0.29, 0.717) is 23.8 Å². The summed E-state index contributed by atoms with van der Waals surface area (Å²) in [6.07, 6.45) is 3.81. The monoisotopic (exact) mass is 311 g/mol. The topological polar surface area (TPSA) is 85.8 Å². The highest BCUT2D eigenvalue weighted by Gasteiger charge is 2.14. The van der Waals surface area contributed by atoms with E-state index in [2.05, 4.69) is 32.6 Å². The maximum Gasteiger partial charge on any atom is 0.273 e. The fraction of sp³-hybridized carbons (Fsp3) is 0.250. The van der Waals surface area contributed by atoms with Crippen molar-refractivity contribution in [2.24, 2.45) is 0 Å². The molecule has 1 amide bonds. The van der Waals surface area contributed by atoms with Gasteiger partial charge in [-0.05, 0) is 18.9 Å². The second-order valence-corrected chi connectivity index (χ2v) is 5.12. The highest BCUT2D eigenvalue weighted by Crippen LogP contribution is 2.06. The Bertz CT molecular complexity index is 779. The van der Waals surface area contributed by atoms with E-state index in [1.165, 1.54) is 12.0 Å². The second kappa shape index (κ2) is 6.87. The number of nitrogens with zero attached hydrogens (tertiary/aromatic N) is 4. The summed E-state index contributed by atoms with van der Waals surface area (Å²) in [4.78, 5) is 15.9. The number of carbonyl (C=O) groups is 1. The van der Waals surface area contributed by atoms with Crippen LogP contribution in [0.15, 0.2) is 47.5 Å². The van der Waals surface area contributed by atoms with E-state index >= 15 is 0 Å². The molecule has 0 aliphatic rings. The number of nitrogens with one attached hydrogen (secondary N) is 1. The van der Waals surface area contributed by atoms with Gasteiger partial charge in [-0.3, -0.25) is 4.79 Å². The maximum atomic E-state index is 12.0. The minimum absolute atomic E-state index is 0.283.